The van der Waals surface area contributed by atoms with E-state index in [2.05, 4.69) is 0 Å². The Morgan fingerprint density at radius 1 is 1.45 bits per heavy atom. The maximum absolute atomic E-state index is 8.61. The standard InChI is InChI=1S/C7H13O2PS/c8-10(9)4-3-7-2-1-5-11-6-7/h3-4,7-9H,1-2,5-6H2/b4-3+. The van der Waals surface area contributed by atoms with Gasteiger partial charge in [0.2, 0.25) is 0 Å². The van der Waals surface area contributed by atoms with Gasteiger partial charge in [-0.05, 0) is 36.1 Å². The molecule has 1 unspecified atom stereocenters. The Labute approximate surface area is 72.6 Å². The van der Waals surface area contributed by atoms with E-state index < -0.39 is 8.38 Å². The molecule has 4 heteroatoms. The van der Waals surface area contributed by atoms with Gasteiger partial charge < -0.3 is 9.79 Å². The van der Waals surface area contributed by atoms with Crippen LogP contribution >= 0.6 is 20.1 Å². The van der Waals surface area contributed by atoms with Crippen molar-refractivity contribution in [3.63, 3.8) is 0 Å². The molecule has 2 nitrogen and oxygen atoms in total. The number of hydrogen-bond acceptors (Lipinski definition) is 3. The molecule has 1 heterocycles. The van der Waals surface area contributed by atoms with E-state index in [1.807, 2.05) is 17.8 Å². The van der Waals surface area contributed by atoms with Crippen LogP contribution in [0, 0.1) is 5.92 Å². The summed E-state index contributed by atoms with van der Waals surface area (Å²) in [7, 11) is -1.82. The average molecular weight is 192 g/mol. The zero-order valence-electron chi connectivity index (χ0n) is 6.31. The number of hydrogen-bond donors (Lipinski definition) is 2. The van der Waals surface area contributed by atoms with E-state index in [-0.39, 0.29) is 0 Å². The highest BCUT2D eigenvalue weighted by atomic mass is 32.2. The summed E-state index contributed by atoms with van der Waals surface area (Å²) < 4.78 is 0. The fraction of sp³-hybridized carbons (Fsp3) is 0.714. The number of thioether (sulfide) groups is 1. The van der Waals surface area contributed by atoms with E-state index in [0.717, 1.165) is 5.75 Å². The fourth-order valence-electron chi connectivity index (χ4n) is 1.12. The van der Waals surface area contributed by atoms with Gasteiger partial charge in [-0.3, -0.25) is 0 Å². The van der Waals surface area contributed by atoms with Crippen molar-refractivity contribution in [3.8, 4) is 0 Å². The molecule has 1 rings (SSSR count). The molecule has 1 aliphatic rings. The quantitative estimate of drug-likeness (QED) is 0.657. The highest BCUT2D eigenvalue weighted by Gasteiger charge is 2.10. The fourth-order valence-corrected chi connectivity index (χ4v) is 2.63. The van der Waals surface area contributed by atoms with E-state index in [9.17, 15) is 0 Å². The third-order valence-corrected chi connectivity index (χ3v) is 3.37. The van der Waals surface area contributed by atoms with Crippen LogP contribution in [0.2, 0.25) is 0 Å². The Balaban J connectivity index is 2.23. The van der Waals surface area contributed by atoms with E-state index in [1.54, 1.807) is 0 Å². The Kier molecular flexibility index (Phi) is 4.46. The first kappa shape index (κ1) is 9.53. The highest BCUT2D eigenvalue weighted by Crippen LogP contribution is 2.29. The molecule has 0 aromatic rings. The van der Waals surface area contributed by atoms with Crippen LogP contribution in [0.1, 0.15) is 12.8 Å². The maximum Gasteiger partial charge on any atom is 0.191 e. The third kappa shape index (κ3) is 4.12. The summed E-state index contributed by atoms with van der Waals surface area (Å²) in [5.74, 6) is 4.49. The average Bonchev–Trinajstić information content (AvgIpc) is 2.03. The van der Waals surface area contributed by atoms with Crippen LogP contribution in [0.4, 0.5) is 0 Å². The van der Waals surface area contributed by atoms with Gasteiger partial charge in [0.15, 0.2) is 8.38 Å². The predicted octanol–water partition coefficient (Wildman–Crippen LogP) is 1.94. The van der Waals surface area contributed by atoms with Crippen molar-refractivity contribution in [1.82, 2.24) is 0 Å². The summed E-state index contributed by atoms with van der Waals surface area (Å²) in [5, 5.41) is 0. The normalized spacial score (nSPS) is 26.6. The minimum atomic E-state index is -1.82. The third-order valence-electron chi connectivity index (χ3n) is 1.69. The van der Waals surface area contributed by atoms with Crippen LogP contribution < -0.4 is 0 Å². The highest BCUT2D eigenvalue weighted by molar-refractivity contribution is 7.99. The molecule has 0 bridgehead atoms. The number of allylic oxidation sites excluding steroid dienone is 1. The summed E-state index contributed by atoms with van der Waals surface area (Å²) in [6.07, 6.45) is 4.40. The molecule has 1 saturated heterocycles. The summed E-state index contributed by atoms with van der Waals surface area (Å²) in [5.41, 5.74) is 0. The Hall–Kier alpha value is 0.440. The first-order valence-corrected chi connectivity index (χ1v) is 6.19. The zero-order valence-corrected chi connectivity index (χ0v) is 8.02. The lowest BCUT2D eigenvalue weighted by Crippen LogP contribution is -2.06. The first-order chi connectivity index (χ1) is 5.29. The molecule has 1 atom stereocenters. The van der Waals surface area contributed by atoms with E-state index in [0.29, 0.717) is 5.92 Å². The second-order valence-electron chi connectivity index (χ2n) is 2.64. The smallest absolute Gasteiger partial charge is 0.191 e. The van der Waals surface area contributed by atoms with Crippen molar-refractivity contribution < 1.29 is 9.79 Å². The van der Waals surface area contributed by atoms with Crippen molar-refractivity contribution in [2.45, 2.75) is 12.8 Å². The summed E-state index contributed by atoms with van der Waals surface area (Å²) in [4.78, 5) is 17.2. The van der Waals surface area contributed by atoms with Crippen LogP contribution in [0.25, 0.3) is 0 Å². The van der Waals surface area contributed by atoms with Gasteiger partial charge >= 0.3 is 0 Å². The lowest BCUT2D eigenvalue weighted by molar-refractivity contribution is 0.495. The van der Waals surface area contributed by atoms with Crippen molar-refractivity contribution in [3.05, 3.63) is 11.9 Å². The Bertz CT molecular complexity index is 132. The molecule has 0 saturated carbocycles. The van der Waals surface area contributed by atoms with Gasteiger partial charge in [-0.2, -0.15) is 11.8 Å². The molecule has 0 amide bonds. The molecule has 64 valence electrons. The second kappa shape index (κ2) is 5.15. The van der Waals surface area contributed by atoms with Crippen molar-refractivity contribution in [1.29, 1.82) is 0 Å². The SMILES string of the molecule is OP(O)/C=C/C1CCCSC1. The molecule has 0 aromatic carbocycles. The van der Waals surface area contributed by atoms with Gasteiger partial charge in [0.25, 0.3) is 0 Å². The Morgan fingerprint density at radius 2 is 2.27 bits per heavy atom. The molecule has 1 fully saturated rings. The largest absolute Gasteiger partial charge is 0.347 e. The van der Waals surface area contributed by atoms with Crippen LogP contribution in [0.15, 0.2) is 11.9 Å². The van der Waals surface area contributed by atoms with Gasteiger partial charge in [0.1, 0.15) is 0 Å². The van der Waals surface area contributed by atoms with Gasteiger partial charge in [-0.15, -0.1) is 0 Å². The summed E-state index contributed by atoms with van der Waals surface area (Å²) in [6, 6.07) is 0. The first-order valence-electron chi connectivity index (χ1n) is 3.72. The van der Waals surface area contributed by atoms with Crippen LogP contribution in [-0.4, -0.2) is 21.3 Å². The van der Waals surface area contributed by atoms with Gasteiger partial charge in [0, 0.05) is 0 Å². The lowest BCUT2D eigenvalue weighted by Gasteiger charge is -2.17. The van der Waals surface area contributed by atoms with E-state index in [1.165, 1.54) is 24.4 Å². The van der Waals surface area contributed by atoms with Crippen molar-refractivity contribution >= 4 is 20.1 Å². The molecule has 11 heavy (non-hydrogen) atoms. The second-order valence-corrected chi connectivity index (χ2v) is 4.73. The molecule has 2 N–H and O–H groups in total. The Morgan fingerprint density at radius 3 is 2.82 bits per heavy atom. The lowest BCUT2D eigenvalue weighted by atomic mass is 10.1. The molecule has 0 radical (unpaired) electrons. The van der Waals surface area contributed by atoms with Gasteiger partial charge in [-0.25, -0.2) is 0 Å². The van der Waals surface area contributed by atoms with E-state index >= 15 is 0 Å². The summed E-state index contributed by atoms with van der Waals surface area (Å²) >= 11 is 1.95. The molecular formula is C7H13O2PS. The van der Waals surface area contributed by atoms with Crippen molar-refractivity contribution in [2.75, 3.05) is 11.5 Å². The summed E-state index contributed by atoms with van der Waals surface area (Å²) in [6.45, 7) is 0. The van der Waals surface area contributed by atoms with Gasteiger partial charge in [-0.1, -0.05) is 6.08 Å². The molecule has 0 spiro atoms. The topological polar surface area (TPSA) is 40.5 Å². The van der Waals surface area contributed by atoms with Crippen LogP contribution in [-0.2, 0) is 0 Å². The zero-order chi connectivity index (χ0) is 8.10. The minimum absolute atomic E-state index is 0.568. The van der Waals surface area contributed by atoms with Gasteiger partial charge in [0.05, 0.1) is 0 Å². The van der Waals surface area contributed by atoms with E-state index in [4.69, 9.17) is 9.79 Å². The van der Waals surface area contributed by atoms with Crippen LogP contribution in [0.3, 0.4) is 0 Å². The molecule has 0 aliphatic carbocycles. The molecule has 0 aromatic heterocycles. The van der Waals surface area contributed by atoms with Crippen LogP contribution in [0.5, 0.6) is 0 Å². The van der Waals surface area contributed by atoms with Crippen molar-refractivity contribution in [2.24, 2.45) is 5.92 Å². The molecular weight excluding hydrogens is 179 g/mol. The predicted molar refractivity (Wildman–Crippen MR) is 50.5 cm³/mol. The number of rotatable bonds is 2. The minimum Gasteiger partial charge on any atom is -0.347 e. The molecule has 1 aliphatic heterocycles. The monoisotopic (exact) mass is 192 g/mol. The maximum atomic E-state index is 8.61.